The smallest absolute Gasteiger partial charge is 0.0834 e. The van der Waals surface area contributed by atoms with Gasteiger partial charge in [0.1, 0.15) is 0 Å². The van der Waals surface area contributed by atoms with Gasteiger partial charge in [0.2, 0.25) is 0 Å². The van der Waals surface area contributed by atoms with E-state index in [-0.39, 0.29) is 6.04 Å². The lowest BCUT2D eigenvalue weighted by molar-refractivity contribution is 0.314. The average molecular weight is 259 g/mol. The van der Waals surface area contributed by atoms with Crippen molar-refractivity contribution in [2.24, 2.45) is 18.8 Å². The Hall–Kier alpha value is -0.580. The number of hydrazine groups is 1. The number of nitrogens with one attached hydrogen (secondary N) is 1. The van der Waals surface area contributed by atoms with Gasteiger partial charge in [-0.2, -0.15) is 5.10 Å². The van der Waals surface area contributed by atoms with E-state index in [1.807, 2.05) is 11.7 Å². The van der Waals surface area contributed by atoms with Crippen molar-refractivity contribution < 1.29 is 0 Å². The van der Waals surface area contributed by atoms with Crippen LogP contribution in [0.1, 0.15) is 51.3 Å². The van der Waals surface area contributed by atoms with Crippen LogP contribution < -0.4 is 11.3 Å². The molecule has 17 heavy (non-hydrogen) atoms. The zero-order chi connectivity index (χ0) is 12.8. The van der Waals surface area contributed by atoms with Crippen LogP contribution in [0.15, 0.2) is 6.20 Å². The highest BCUT2D eigenvalue weighted by atomic mass is 35.5. The van der Waals surface area contributed by atoms with E-state index in [9.17, 15) is 0 Å². The van der Waals surface area contributed by atoms with E-state index in [2.05, 4.69) is 24.4 Å². The van der Waals surface area contributed by atoms with Crippen molar-refractivity contribution in [2.45, 2.75) is 45.6 Å². The summed E-state index contributed by atoms with van der Waals surface area (Å²) < 4.78 is 1.81. The van der Waals surface area contributed by atoms with Gasteiger partial charge in [-0.1, -0.05) is 44.7 Å². The van der Waals surface area contributed by atoms with Crippen LogP contribution in [0.4, 0.5) is 0 Å². The Labute approximate surface area is 108 Å². The van der Waals surface area contributed by atoms with Crippen LogP contribution >= 0.6 is 11.6 Å². The molecule has 0 amide bonds. The fraction of sp³-hybridized carbons (Fsp3) is 0.750. The Balaban J connectivity index is 2.88. The second kappa shape index (κ2) is 6.99. The fourth-order valence-corrected chi connectivity index (χ4v) is 2.56. The van der Waals surface area contributed by atoms with Gasteiger partial charge >= 0.3 is 0 Å². The highest BCUT2D eigenvalue weighted by molar-refractivity contribution is 6.31. The maximum atomic E-state index is 6.17. The second-order valence-corrected chi connectivity index (χ2v) is 4.86. The Kier molecular flexibility index (Phi) is 5.95. The normalized spacial score (nSPS) is 14.9. The van der Waals surface area contributed by atoms with Crippen LogP contribution in [0.25, 0.3) is 0 Å². The summed E-state index contributed by atoms with van der Waals surface area (Å²) in [5.41, 5.74) is 3.88. The van der Waals surface area contributed by atoms with Crippen molar-refractivity contribution in [3.8, 4) is 0 Å². The van der Waals surface area contributed by atoms with Gasteiger partial charge in [-0.25, -0.2) is 0 Å². The molecule has 0 fully saturated rings. The monoisotopic (exact) mass is 258 g/mol. The van der Waals surface area contributed by atoms with E-state index < -0.39 is 0 Å². The summed E-state index contributed by atoms with van der Waals surface area (Å²) >= 11 is 6.17. The van der Waals surface area contributed by atoms with Crippen molar-refractivity contribution in [1.29, 1.82) is 0 Å². The Morgan fingerprint density at radius 1 is 1.53 bits per heavy atom. The molecular weight excluding hydrogens is 236 g/mol. The van der Waals surface area contributed by atoms with Gasteiger partial charge in [0.15, 0.2) is 0 Å². The van der Waals surface area contributed by atoms with Gasteiger partial charge in [-0.3, -0.25) is 16.0 Å². The Morgan fingerprint density at radius 2 is 2.24 bits per heavy atom. The van der Waals surface area contributed by atoms with Crippen molar-refractivity contribution in [2.75, 3.05) is 0 Å². The molecule has 1 aromatic rings. The van der Waals surface area contributed by atoms with Gasteiger partial charge < -0.3 is 0 Å². The van der Waals surface area contributed by atoms with Crippen LogP contribution in [0.5, 0.6) is 0 Å². The molecule has 0 aliphatic carbocycles. The minimum Gasteiger partial charge on any atom is -0.271 e. The summed E-state index contributed by atoms with van der Waals surface area (Å²) in [6.07, 6.45) is 6.33. The first-order chi connectivity index (χ1) is 8.15. The number of aryl methyl sites for hydroxylation is 1. The van der Waals surface area contributed by atoms with Gasteiger partial charge in [0.05, 0.1) is 23.0 Å². The molecule has 0 saturated carbocycles. The zero-order valence-electron chi connectivity index (χ0n) is 10.9. The number of nitrogens with zero attached hydrogens (tertiary/aromatic N) is 2. The lowest BCUT2D eigenvalue weighted by Gasteiger charge is -2.26. The van der Waals surface area contributed by atoms with E-state index in [1.165, 1.54) is 12.8 Å². The largest absolute Gasteiger partial charge is 0.271 e. The molecule has 1 rings (SSSR count). The third-order valence-electron chi connectivity index (χ3n) is 3.34. The van der Waals surface area contributed by atoms with Gasteiger partial charge in [-0.05, 0) is 12.3 Å². The highest BCUT2D eigenvalue weighted by Gasteiger charge is 2.25. The molecule has 2 unspecified atom stereocenters. The summed E-state index contributed by atoms with van der Waals surface area (Å²) in [4.78, 5) is 0. The maximum absolute atomic E-state index is 6.17. The van der Waals surface area contributed by atoms with Crippen LogP contribution in [0.2, 0.25) is 5.02 Å². The van der Waals surface area contributed by atoms with Crippen LogP contribution in [0.3, 0.4) is 0 Å². The lowest BCUT2D eigenvalue weighted by Crippen LogP contribution is -2.35. The van der Waals surface area contributed by atoms with Crippen molar-refractivity contribution in [3.63, 3.8) is 0 Å². The molecule has 0 aliphatic heterocycles. The highest BCUT2D eigenvalue weighted by Crippen LogP contribution is 2.32. The second-order valence-electron chi connectivity index (χ2n) is 4.46. The van der Waals surface area contributed by atoms with E-state index in [1.54, 1.807) is 6.20 Å². The minimum atomic E-state index is 0.0755. The number of hydrogen-bond acceptors (Lipinski definition) is 3. The van der Waals surface area contributed by atoms with Gasteiger partial charge in [0.25, 0.3) is 0 Å². The molecular formula is C12H23ClN4. The molecule has 3 N–H and O–H groups in total. The SMILES string of the molecule is CCCCC(CC)C(NN)c1c(Cl)cnn1C. The molecule has 4 nitrogen and oxygen atoms in total. The van der Waals surface area contributed by atoms with Gasteiger partial charge in [0, 0.05) is 7.05 Å². The van der Waals surface area contributed by atoms with Crippen LogP contribution in [-0.4, -0.2) is 9.78 Å². The minimum absolute atomic E-state index is 0.0755. The fourth-order valence-electron chi connectivity index (χ4n) is 2.28. The quantitative estimate of drug-likeness (QED) is 0.584. The first kappa shape index (κ1) is 14.5. The van der Waals surface area contributed by atoms with E-state index >= 15 is 0 Å². The molecule has 1 heterocycles. The molecule has 0 bridgehead atoms. The first-order valence-electron chi connectivity index (χ1n) is 6.29. The van der Waals surface area contributed by atoms with E-state index in [4.69, 9.17) is 17.4 Å². The van der Waals surface area contributed by atoms with Gasteiger partial charge in [-0.15, -0.1) is 0 Å². The third kappa shape index (κ3) is 3.44. The summed E-state index contributed by atoms with van der Waals surface area (Å²) in [6, 6.07) is 0.0755. The first-order valence-corrected chi connectivity index (χ1v) is 6.66. The molecule has 0 radical (unpaired) electrons. The molecule has 0 aliphatic rings. The van der Waals surface area contributed by atoms with E-state index in [0.717, 1.165) is 18.5 Å². The topological polar surface area (TPSA) is 55.9 Å². The molecule has 98 valence electrons. The molecule has 2 atom stereocenters. The zero-order valence-corrected chi connectivity index (χ0v) is 11.7. The lowest BCUT2D eigenvalue weighted by atomic mass is 9.89. The number of halogens is 1. The predicted octanol–water partition coefficient (Wildman–Crippen LogP) is 2.79. The van der Waals surface area contributed by atoms with Crippen molar-refractivity contribution in [1.82, 2.24) is 15.2 Å². The summed E-state index contributed by atoms with van der Waals surface area (Å²) in [6.45, 7) is 4.39. The van der Waals surface area contributed by atoms with E-state index in [0.29, 0.717) is 10.9 Å². The van der Waals surface area contributed by atoms with Crippen LogP contribution in [-0.2, 0) is 7.05 Å². The summed E-state index contributed by atoms with van der Waals surface area (Å²) in [5, 5.41) is 4.86. The number of hydrogen-bond donors (Lipinski definition) is 2. The third-order valence-corrected chi connectivity index (χ3v) is 3.63. The van der Waals surface area contributed by atoms with Crippen molar-refractivity contribution >= 4 is 11.6 Å². The Morgan fingerprint density at radius 3 is 2.65 bits per heavy atom. The standard InChI is InChI=1S/C12H23ClN4/c1-4-6-7-9(5-2)11(16-14)12-10(13)8-15-17(12)3/h8-9,11,16H,4-7,14H2,1-3H3. The summed E-state index contributed by atoms with van der Waals surface area (Å²) in [7, 11) is 1.90. The maximum Gasteiger partial charge on any atom is 0.0834 e. The number of nitrogens with two attached hydrogens (primary N) is 1. The van der Waals surface area contributed by atoms with Crippen molar-refractivity contribution in [3.05, 3.63) is 16.9 Å². The molecule has 0 aromatic carbocycles. The average Bonchev–Trinajstić information content (AvgIpc) is 2.65. The number of unbranched alkanes of at least 4 members (excludes halogenated alkanes) is 1. The molecule has 1 aromatic heterocycles. The Bertz CT molecular complexity index is 318. The molecule has 0 spiro atoms. The predicted molar refractivity (Wildman–Crippen MR) is 71.6 cm³/mol. The number of aromatic nitrogens is 2. The number of rotatable bonds is 7. The molecule has 5 heteroatoms. The molecule has 0 saturated heterocycles. The van der Waals surface area contributed by atoms with Crippen LogP contribution in [0, 0.1) is 5.92 Å². The summed E-state index contributed by atoms with van der Waals surface area (Å²) in [5.74, 6) is 6.19.